The molecule has 1 heterocycles. The summed E-state index contributed by atoms with van der Waals surface area (Å²) in [6, 6.07) is 16.3. The Balaban J connectivity index is 1.68. The topological polar surface area (TPSA) is 20.3 Å². The number of hydrogen-bond acceptors (Lipinski definition) is 2. The first-order chi connectivity index (χ1) is 10.1. The second kappa shape index (κ2) is 6.24. The first-order valence-electron chi connectivity index (χ1n) is 6.88. The molecule has 0 radical (unpaired) electrons. The van der Waals surface area contributed by atoms with Crippen LogP contribution in [0.5, 0.6) is 0 Å². The molecule has 1 aliphatic rings. The van der Waals surface area contributed by atoms with E-state index in [0.717, 1.165) is 16.5 Å². The van der Waals surface area contributed by atoms with Crippen molar-refractivity contribution in [2.24, 2.45) is 0 Å². The zero-order valence-electron chi connectivity index (χ0n) is 11.8. The van der Waals surface area contributed by atoms with Gasteiger partial charge in [0.25, 0.3) is 0 Å². The smallest absolute Gasteiger partial charge is 0.236 e. The molecule has 1 amide bonds. The molecule has 3 rings (SSSR count). The maximum atomic E-state index is 12.6. The van der Waals surface area contributed by atoms with Crippen molar-refractivity contribution in [2.45, 2.75) is 23.1 Å². The Bertz CT molecular complexity index is 648. The summed E-state index contributed by atoms with van der Waals surface area (Å²) in [7, 11) is 1.88. The quantitative estimate of drug-likeness (QED) is 0.819. The maximum Gasteiger partial charge on any atom is 0.236 e. The minimum Gasteiger partial charge on any atom is -0.340 e. The van der Waals surface area contributed by atoms with Gasteiger partial charge in [-0.05, 0) is 29.7 Å². The fraction of sp³-hybridized carbons (Fsp3) is 0.235. The molecule has 2 aromatic rings. The number of hydrogen-bond donors (Lipinski definition) is 0. The van der Waals surface area contributed by atoms with Crippen LogP contribution in [0, 0.1) is 0 Å². The van der Waals surface area contributed by atoms with Crippen LogP contribution in [0.1, 0.15) is 11.1 Å². The first-order valence-corrected chi connectivity index (χ1v) is 8.55. The van der Waals surface area contributed by atoms with Crippen LogP contribution in [0.3, 0.4) is 0 Å². The molecular formula is C17H16BrNOS. The van der Waals surface area contributed by atoms with Gasteiger partial charge in [0, 0.05) is 23.0 Å². The summed E-state index contributed by atoms with van der Waals surface area (Å²) in [6.07, 6.45) is 0.833. The molecule has 0 saturated carbocycles. The summed E-state index contributed by atoms with van der Waals surface area (Å²) < 4.78 is 1.05. The summed E-state index contributed by atoms with van der Waals surface area (Å²) in [4.78, 5) is 15.7. The van der Waals surface area contributed by atoms with E-state index in [1.165, 1.54) is 10.5 Å². The highest BCUT2D eigenvalue weighted by molar-refractivity contribution is 9.10. The van der Waals surface area contributed by atoms with Crippen LogP contribution in [0.25, 0.3) is 0 Å². The van der Waals surface area contributed by atoms with Gasteiger partial charge in [-0.2, -0.15) is 0 Å². The molecule has 2 nitrogen and oxygen atoms in total. The van der Waals surface area contributed by atoms with Gasteiger partial charge in [-0.25, -0.2) is 0 Å². The molecule has 0 aliphatic carbocycles. The van der Waals surface area contributed by atoms with Crippen molar-refractivity contribution in [3.8, 4) is 0 Å². The Hall–Kier alpha value is -1.26. The van der Waals surface area contributed by atoms with Crippen molar-refractivity contribution in [3.05, 3.63) is 64.1 Å². The van der Waals surface area contributed by atoms with E-state index in [1.807, 2.05) is 48.3 Å². The van der Waals surface area contributed by atoms with Crippen LogP contribution in [0.15, 0.2) is 57.9 Å². The third-order valence-electron chi connectivity index (χ3n) is 3.66. The molecule has 0 fully saturated rings. The van der Waals surface area contributed by atoms with Crippen molar-refractivity contribution in [1.82, 2.24) is 4.90 Å². The van der Waals surface area contributed by atoms with E-state index >= 15 is 0 Å². The molecular weight excluding hydrogens is 346 g/mol. The third kappa shape index (κ3) is 3.16. The largest absolute Gasteiger partial charge is 0.340 e. The molecule has 2 aromatic carbocycles. The van der Waals surface area contributed by atoms with Gasteiger partial charge in [-0.1, -0.05) is 52.3 Å². The van der Waals surface area contributed by atoms with Crippen LogP contribution in [-0.4, -0.2) is 23.1 Å². The number of carbonyl (C=O) groups excluding carboxylic acids is 1. The minimum atomic E-state index is 0.00916. The lowest BCUT2D eigenvalue weighted by Gasteiger charge is -2.21. The van der Waals surface area contributed by atoms with E-state index in [2.05, 4.69) is 28.1 Å². The van der Waals surface area contributed by atoms with Gasteiger partial charge < -0.3 is 4.90 Å². The Labute approximate surface area is 137 Å². The van der Waals surface area contributed by atoms with E-state index in [4.69, 9.17) is 0 Å². The lowest BCUT2D eigenvalue weighted by molar-refractivity contribution is -0.129. The molecule has 4 heteroatoms. The molecule has 21 heavy (non-hydrogen) atoms. The van der Waals surface area contributed by atoms with Crippen molar-refractivity contribution in [2.75, 3.05) is 7.05 Å². The molecule has 0 spiro atoms. The summed E-state index contributed by atoms with van der Waals surface area (Å²) in [6.45, 7) is 0.633. The van der Waals surface area contributed by atoms with Crippen molar-refractivity contribution in [1.29, 1.82) is 0 Å². The SMILES string of the molecule is CN(Cc1ccccc1Br)C(=O)C1Cc2ccccc2S1. The molecule has 1 atom stereocenters. The summed E-state index contributed by atoms with van der Waals surface area (Å²) in [5, 5.41) is 0.00916. The standard InChI is InChI=1S/C17H16BrNOS/c1-19(11-13-7-2-4-8-14(13)18)17(20)16-10-12-6-3-5-9-15(12)21-16/h2-9,16H,10-11H2,1H3. The fourth-order valence-corrected chi connectivity index (χ4v) is 4.25. The Morgan fingerprint density at radius 3 is 2.71 bits per heavy atom. The number of rotatable bonds is 3. The van der Waals surface area contributed by atoms with Gasteiger partial charge in [-0.3, -0.25) is 4.79 Å². The van der Waals surface area contributed by atoms with E-state index in [0.29, 0.717) is 6.54 Å². The highest BCUT2D eigenvalue weighted by Crippen LogP contribution is 2.37. The monoisotopic (exact) mass is 361 g/mol. The van der Waals surface area contributed by atoms with Crippen LogP contribution in [0.2, 0.25) is 0 Å². The highest BCUT2D eigenvalue weighted by Gasteiger charge is 2.30. The predicted molar refractivity (Wildman–Crippen MR) is 90.4 cm³/mol. The van der Waals surface area contributed by atoms with E-state index in [-0.39, 0.29) is 11.2 Å². The Morgan fingerprint density at radius 1 is 1.24 bits per heavy atom. The van der Waals surface area contributed by atoms with Crippen LogP contribution in [-0.2, 0) is 17.8 Å². The summed E-state index contributed by atoms with van der Waals surface area (Å²) in [5.74, 6) is 0.201. The number of fused-ring (bicyclic) bond motifs is 1. The molecule has 0 bridgehead atoms. The predicted octanol–water partition coefficient (Wildman–Crippen LogP) is 4.12. The second-order valence-corrected chi connectivity index (χ2v) is 7.30. The average Bonchev–Trinajstić information content (AvgIpc) is 2.92. The van der Waals surface area contributed by atoms with E-state index < -0.39 is 0 Å². The molecule has 1 unspecified atom stereocenters. The normalized spacial score (nSPS) is 16.6. The van der Waals surface area contributed by atoms with Crippen molar-refractivity contribution < 1.29 is 4.79 Å². The lowest BCUT2D eigenvalue weighted by Crippen LogP contribution is -2.34. The number of benzene rings is 2. The molecule has 0 aromatic heterocycles. The maximum absolute atomic E-state index is 12.6. The number of halogens is 1. The average molecular weight is 362 g/mol. The van der Waals surface area contributed by atoms with Gasteiger partial charge >= 0.3 is 0 Å². The fourth-order valence-electron chi connectivity index (χ4n) is 2.53. The number of thioether (sulfide) groups is 1. The third-order valence-corrected chi connectivity index (χ3v) is 5.74. The van der Waals surface area contributed by atoms with Gasteiger partial charge in [0.2, 0.25) is 5.91 Å². The number of nitrogens with zero attached hydrogens (tertiary/aromatic N) is 1. The van der Waals surface area contributed by atoms with Crippen LogP contribution >= 0.6 is 27.7 Å². The summed E-state index contributed by atoms with van der Waals surface area (Å²) in [5.41, 5.74) is 2.42. The van der Waals surface area contributed by atoms with E-state index in [1.54, 1.807) is 11.8 Å². The second-order valence-electron chi connectivity index (χ2n) is 5.20. The van der Waals surface area contributed by atoms with Crippen molar-refractivity contribution in [3.63, 3.8) is 0 Å². The van der Waals surface area contributed by atoms with Gasteiger partial charge in [0.15, 0.2) is 0 Å². The Kier molecular flexibility index (Phi) is 4.36. The zero-order chi connectivity index (χ0) is 14.8. The highest BCUT2D eigenvalue weighted by atomic mass is 79.9. The molecule has 0 saturated heterocycles. The van der Waals surface area contributed by atoms with Gasteiger partial charge in [-0.15, -0.1) is 11.8 Å². The number of carbonyl (C=O) groups is 1. The first kappa shape index (κ1) is 14.7. The minimum absolute atomic E-state index is 0.00916. The van der Waals surface area contributed by atoms with Gasteiger partial charge in [0.05, 0.1) is 5.25 Å². The molecule has 0 N–H and O–H groups in total. The lowest BCUT2D eigenvalue weighted by atomic mass is 10.1. The molecule has 108 valence electrons. The van der Waals surface area contributed by atoms with Crippen LogP contribution in [0.4, 0.5) is 0 Å². The van der Waals surface area contributed by atoms with E-state index in [9.17, 15) is 4.79 Å². The summed E-state index contributed by atoms with van der Waals surface area (Å²) >= 11 is 5.22. The van der Waals surface area contributed by atoms with Gasteiger partial charge in [0.1, 0.15) is 0 Å². The van der Waals surface area contributed by atoms with Crippen LogP contribution < -0.4 is 0 Å². The van der Waals surface area contributed by atoms with Crippen molar-refractivity contribution >= 4 is 33.6 Å². The Morgan fingerprint density at radius 2 is 1.95 bits per heavy atom. The zero-order valence-corrected chi connectivity index (χ0v) is 14.2. The number of amides is 1. The molecule has 1 aliphatic heterocycles.